The van der Waals surface area contributed by atoms with Gasteiger partial charge in [-0.3, -0.25) is 0 Å². The fourth-order valence-corrected chi connectivity index (χ4v) is 3.39. The molecule has 1 aliphatic rings. The van der Waals surface area contributed by atoms with Gasteiger partial charge in [-0.05, 0) is 26.8 Å². The lowest BCUT2D eigenvalue weighted by atomic mass is 10.1. The number of hydrogen-bond donors (Lipinski definition) is 1. The fraction of sp³-hybridized carbons (Fsp3) is 0.400. The molecule has 0 amide bonds. The molecule has 1 N–H and O–H groups in total. The second-order valence-corrected chi connectivity index (χ2v) is 6.17. The van der Waals surface area contributed by atoms with Gasteiger partial charge in [0.25, 0.3) is 0 Å². The second-order valence-electron chi connectivity index (χ2n) is 4.94. The molecule has 0 bridgehead atoms. The number of fused-ring (bicyclic) bond motifs is 1. The molecule has 0 spiro atoms. The monoisotopic (exact) mass is 290 g/mol. The second kappa shape index (κ2) is 5.42. The summed E-state index contributed by atoms with van der Waals surface area (Å²) in [5, 5.41) is 4.65. The largest absolute Gasteiger partial charge is 0.454 e. The van der Waals surface area contributed by atoms with Gasteiger partial charge in [0.2, 0.25) is 6.79 Å². The number of rotatable bonds is 4. The number of nitrogens with zero attached hydrogens (tertiary/aromatic N) is 1. The Bertz CT molecular complexity index is 624. The summed E-state index contributed by atoms with van der Waals surface area (Å²) in [5.74, 6) is 1.70. The Labute approximate surface area is 122 Å². The fourth-order valence-electron chi connectivity index (χ4n) is 2.43. The van der Waals surface area contributed by atoms with Crippen LogP contribution in [0.4, 0.5) is 0 Å². The number of hydrogen-bond acceptors (Lipinski definition) is 5. The van der Waals surface area contributed by atoms with E-state index in [9.17, 15) is 0 Å². The smallest absolute Gasteiger partial charge is 0.231 e. The SMILES string of the molecule is Cc1nc(C)c(C(C)NCc2cccc3c2OCO3)s1. The zero-order valence-electron chi connectivity index (χ0n) is 11.9. The molecule has 1 aromatic carbocycles. The first-order valence-electron chi connectivity index (χ1n) is 6.70. The molecule has 106 valence electrons. The van der Waals surface area contributed by atoms with Gasteiger partial charge in [0, 0.05) is 23.0 Å². The Morgan fingerprint density at radius 1 is 1.35 bits per heavy atom. The highest BCUT2D eigenvalue weighted by Crippen LogP contribution is 2.35. The standard InChI is InChI=1S/C15H18N2O2S/c1-9(15-10(2)17-11(3)20-15)16-7-12-5-4-6-13-14(12)19-8-18-13/h4-6,9,16H,7-8H2,1-3H3. The van der Waals surface area contributed by atoms with Crippen molar-refractivity contribution in [1.82, 2.24) is 10.3 Å². The third-order valence-corrected chi connectivity index (χ3v) is 4.67. The summed E-state index contributed by atoms with van der Waals surface area (Å²) in [6.07, 6.45) is 0. The molecule has 0 saturated heterocycles. The van der Waals surface area contributed by atoms with Crippen molar-refractivity contribution >= 4 is 11.3 Å². The molecule has 1 unspecified atom stereocenters. The van der Waals surface area contributed by atoms with E-state index in [1.165, 1.54) is 4.88 Å². The Hall–Kier alpha value is -1.59. The highest BCUT2D eigenvalue weighted by Gasteiger charge is 2.18. The number of para-hydroxylation sites is 1. The van der Waals surface area contributed by atoms with E-state index in [1.54, 1.807) is 11.3 Å². The van der Waals surface area contributed by atoms with Crippen LogP contribution in [0.2, 0.25) is 0 Å². The van der Waals surface area contributed by atoms with Crippen LogP contribution < -0.4 is 14.8 Å². The van der Waals surface area contributed by atoms with Crippen LogP contribution in [0.15, 0.2) is 18.2 Å². The van der Waals surface area contributed by atoms with E-state index < -0.39 is 0 Å². The lowest BCUT2D eigenvalue weighted by Gasteiger charge is -2.14. The summed E-state index contributed by atoms with van der Waals surface area (Å²) in [7, 11) is 0. The van der Waals surface area contributed by atoms with E-state index >= 15 is 0 Å². The number of thiazole rings is 1. The van der Waals surface area contributed by atoms with Gasteiger partial charge in [0.15, 0.2) is 11.5 Å². The molecule has 5 heteroatoms. The molecule has 1 aliphatic heterocycles. The molecular formula is C15H18N2O2S. The molecule has 0 fully saturated rings. The highest BCUT2D eigenvalue weighted by atomic mass is 32.1. The quantitative estimate of drug-likeness (QED) is 0.938. The van der Waals surface area contributed by atoms with Crippen LogP contribution >= 0.6 is 11.3 Å². The predicted octanol–water partition coefficient (Wildman–Crippen LogP) is 3.34. The van der Waals surface area contributed by atoms with Crippen LogP contribution in [-0.2, 0) is 6.54 Å². The molecule has 0 radical (unpaired) electrons. The van der Waals surface area contributed by atoms with Crippen molar-refractivity contribution in [2.75, 3.05) is 6.79 Å². The van der Waals surface area contributed by atoms with Crippen LogP contribution in [0, 0.1) is 13.8 Å². The Morgan fingerprint density at radius 2 is 2.20 bits per heavy atom. The number of ether oxygens (including phenoxy) is 2. The van der Waals surface area contributed by atoms with Crippen LogP contribution in [-0.4, -0.2) is 11.8 Å². The van der Waals surface area contributed by atoms with E-state index in [1.807, 2.05) is 19.1 Å². The summed E-state index contributed by atoms with van der Waals surface area (Å²) >= 11 is 1.75. The summed E-state index contributed by atoms with van der Waals surface area (Å²) < 4.78 is 10.9. The molecule has 2 heterocycles. The molecule has 3 rings (SSSR count). The first-order chi connectivity index (χ1) is 9.65. The minimum Gasteiger partial charge on any atom is -0.454 e. The lowest BCUT2D eigenvalue weighted by Crippen LogP contribution is -2.18. The van der Waals surface area contributed by atoms with Gasteiger partial charge in [-0.25, -0.2) is 4.98 Å². The molecule has 0 saturated carbocycles. The summed E-state index contributed by atoms with van der Waals surface area (Å²) in [6.45, 7) is 7.34. The number of benzene rings is 1. The summed E-state index contributed by atoms with van der Waals surface area (Å²) in [4.78, 5) is 5.78. The first kappa shape index (κ1) is 13.4. The maximum atomic E-state index is 5.52. The average Bonchev–Trinajstić information content (AvgIpc) is 3.02. The van der Waals surface area contributed by atoms with Crippen LogP contribution in [0.1, 0.15) is 34.1 Å². The maximum Gasteiger partial charge on any atom is 0.231 e. The topological polar surface area (TPSA) is 43.4 Å². The van der Waals surface area contributed by atoms with Gasteiger partial charge < -0.3 is 14.8 Å². The Kier molecular flexibility index (Phi) is 3.63. The third-order valence-electron chi connectivity index (χ3n) is 3.41. The van der Waals surface area contributed by atoms with Crippen LogP contribution in [0.25, 0.3) is 0 Å². The van der Waals surface area contributed by atoms with Crippen molar-refractivity contribution in [2.24, 2.45) is 0 Å². The molecule has 20 heavy (non-hydrogen) atoms. The van der Waals surface area contributed by atoms with Gasteiger partial charge in [0.1, 0.15) is 0 Å². The summed E-state index contributed by atoms with van der Waals surface area (Å²) in [5.41, 5.74) is 2.25. The maximum absolute atomic E-state index is 5.52. The Morgan fingerprint density at radius 3 is 2.95 bits per heavy atom. The van der Waals surface area contributed by atoms with Gasteiger partial charge >= 0.3 is 0 Å². The minimum absolute atomic E-state index is 0.277. The van der Waals surface area contributed by atoms with Crippen molar-refractivity contribution in [3.05, 3.63) is 39.3 Å². The average molecular weight is 290 g/mol. The highest BCUT2D eigenvalue weighted by molar-refractivity contribution is 7.11. The normalized spacial score (nSPS) is 14.6. The van der Waals surface area contributed by atoms with Crippen molar-refractivity contribution < 1.29 is 9.47 Å². The van der Waals surface area contributed by atoms with E-state index in [0.29, 0.717) is 6.79 Å². The van der Waals surface area contributed by atoms with Gasteiger partial charge in [-0.15, -0.1) is 11.3 Å². The van der Waals surface area contributed by atoms with Gasteiger partial charge in [-0.1, -0.05) is 12.1 Å². The third kappa shape index (κ3) is 2.51. The summed E-state index contributed by atoms with van der Waals surface area (Å²) in [6, 6.07) is 6.28. The van der Waals surface area contributed by atoms with Crippen molar-refractivity contribution in [2.45, 2.75) is 33.4 Å². The van der Waals surface area contributed by atoms with Crippen molar-refractivity contribution in [3.63, 3.8) is 0 Å². The molecule has 1 atom stereocenters. The van der Waals surface area contributed by atoms with Crippen LogP contribution in [0.3, 0.4) is 0 Å². The van der Waals surface area contributed by atoms with Gasteiger partial charge in [0.05, 0.1) is 10.7 Å². The lowest BCUT2D eigenvalue weighted by molar-refractivity contribution is 0.173. The number of aryl methyl sites for hydroxylation is 2. The number of nitrogens with one attached hydrogen (secondary N) is 1. The van der Waals surface area contributed by atoms with E-state index in [0.717, 1.165) is 34.3 Å². The zero-order valence-corrected chi connectivity index (χ0v) is 12.7. The van der Waals surface area contributed by atoms with Gasteiger partial charge in [-0.2, -0.15) is 0 Å². The molecule has 1 aromatic heterocycles. The molecule has 4 nitrogen and oxygen atoms in total. The zero-order chi connectivity index (χ0) is 14.1. The molecule has 2 aromatic rings. The minimum atomic E-state index is 0.277. The Balaban J connectivity index is 1.71. The van der Waals surface area contributed by atoms with Crippen molar-refractivity contribution in [3.8, 4) is 11.5 Å². The van der Waals surface area contributed by atoms with Crippen molar-refractivity contribution in [1.29, 1.82) is 0 Å². The van der Waals surface area contributed by atoms with E-state index in [4.69, 9.17) is 9.47 Å². The van der Waals surface area contributed by atoms with E-state index in [-0.39, 0.29) is 6.04 Å². The predicted molar refractivity (Wildman–Crippen MR) is 79.4 cm³/mol. The molecule has 0 aliphatic carbocycles. The molecular weight excluding hydrogens is 272 g/mol. The first-order valence-corrected chi connectivity index (χ1v) is 7.51. The van der Waals surface area contributed by atoms with Crippen LogP contribution in [0.5, 0.6) is 11.5 Å². The number of aromatic nitrogens is 1. The van der Waals surface area contributed by atoms with E-state index in [2.05, 4.69) is 30.2 Å².